The van der Waals surface area contributed by atoms with Gasteiger partial charge in [0, 0.05) is 5.69 Å². The van der Waals surface area contributed by atoms with Crippen molar-refractivity contribution in [3.05, 3.63) is 35.0 Å². The van der Waals surface area contributed by atoms with Gasteiger partial charge in [-0.25, -0.2) is 9.59 Å². The lowest BCUT2D eigenvalue weighted by molar-refractivity contribution is -0.140. The molecule has 2 rings (SSSR count). The van der Waals surface area contributed by atoms with Crippen LogP contribution in [0, 0.1) is 6.92 Å². The first-order chi connectivity index (χ1) is 10.5. The van der Waals surface area contributed by atoms with Crippen molar-refractivity contribution < 1.29 is 28.9 Å². The molecule has 118 valence electrons. The highest BCUT2D eigenvalue weighted by Crippen LogP contribution is 2.30. The molecule has 1 aromatic rings. The van der Waals surface area contributed by atoms with Crippen LogP contribution in [-0.2, 0) is 23.8 Å². The van der Waals surface area contributed by atoms with Gasteiger partial charge in [-0.3, -0.25) is 0 Å². The molecular formula is C15H17NO6. The quantitative estimate of drug-likeness (QED) is 0.837. The number of hydrogen-bond acceptors (Lipinski definition) is 7. The molecule has 1 aliphatic rings. The largest absolute Gasteiger partial charge is 0.508 e. The Morgan fingerprint density at radius 3 is 2.50 bits per heavy atom. The van der Waals surface area contributed by atoms with Crippen LogP contribution in [0.4, 0.5) is 5.69 Å². The summed E-state index contributed by atoms with van der Waals surface area (Å²) in [5.41, 5.74) is 1.51. The van der Waals surface area contributed by atoms with Crippen molar-refractivity contribution in [3.63, 3.8) is 0 Å². The maximum absolute atomic E-state index is 12.1. The molecule has 7 heteroatoms. The van der Waals surface area contributed by atoms with E-state index in [1.165, 1.54) is 25.2 Å². The molecule has 22 heavy (non-hydrogen) atoms. The molecule has 0 unspecified atom stereocenters. The molecule has 0 bridgehead atoms. The fraction of sp³-hybridized carbons (Fsp3) is 0.333. The average molecular weight is 307 g/mol. The van der Waals surface area contributed by atoms with Crippen LogP contribution in [0.1, 0.15) is 5.56 Å². The summed E-state index contributed by atoms with van der Waals surface area (Å²) in [7, 11) is 2.47. The molecule has 0 atom stereocenters. The van der Waals surface area contributed by atoms with Gasteiger partial charge in [-0.1, -0.05) is 0 Å². The van der Waals surface area contributed by atoms with Crippen LogP contribution in [-0.4, -0.2) is 44.6 Å². The third kappa shape index (κ3) is 2.89. The third-order valence-corrected chi connectivity index (χ3v) is 3.30. The smallest absolute Gasteiger partial charge is 0.355 e. The summed E-state index contributed by atoms with van der Waals surface area (Å²) >= 11 is 0. The zero-order valence-corrected chi connectivity index (χ0v) is 12.6. The summed E-state index contributed by atoms with van der Waals surface area (Å²) in [6, 6.07) is 4.68. The SMILES string of the molecule is COC(=O)C1=C(C(=O)OC)N(c2ccc(O)cc2C)COC1. The Balaban J connectivity index is 2.57. The third-order valence-electron chi connectivity index (χ3n) is 3.30. The van der Waals surface area contributed by atoms with E-state index < -0.39 is 11.9 Å². The van der Waals surface area contributed by atoms with E-state index in [0.29, 0.717) is 5.69 Å². The highest BCUT2D eigenvalue weighted by Gasteiger charge is 2.32. The fourth-order valence-corrected chi connectivity index (χ4v) is 2.28. The molecular weight excluding hydrogens is 290 g/mol. The van der Waals surface area contributed by atoms with Crippen molar-refractivity contribution in [2.45, 2.75) is 6.92 Å². The van der Waals surface area contributed by atoms with Gasteiger partial charge < -0.3 is 24.2 Å². The second kappa shape index (κ2) is 6.48. The number of anilines is 1. The van der Waals surface area contributed by atoms with Gasteiger partial charge >= 0.3 is 11.9 Å². The predicted octanol–water partition coefficient (Wildman–Crippen LogP) is 1.09. The molecule has 1 aliphatic heterocycles. The predicted molar refractivity (Wildman–Crippen MR) is 77.2 cm³/mol. The summed E-state index contributed by atoms with van der Waals surface area (Å²) < 4.78 is 14.9. The lowest BCUT2D eigenvalue weighted by atomic mass is 10.1. The Morgan fingerprint density at radius 1 is 1.23 bits per heavy atom. The van der Waals surface area contributed by atoms with Gasteiger partial charge in [-0.05, 0) is 30.7 Å². The Kier molecular flexibility index (Phi) is 4.67. The van der Waals surface area contributed by atoms with Gasteiger partial charge in [0.05, 0.1) is 26.4 Å². The molecule has 0 fully saturated rings. The Labute approximate surface area is 127 Å². The van der Waals surface area contributed by atoms with E-state index in [2.05, 4.69) is 0 Å². The van der Waals surface area contributed by atoms with Gasteiger partial charge in [-0.15, -0.1) is 0 Å². The fourth-order valence-electron chi connectivity index (χ4n) is 2.28. The maximum Gasteiger partial charge on any atom is 0.355 e. The normalized spacial score (nSPS) is 14.8. The minimum absolute atomic E-state index is 0.0370. The zero-order chi connectivity index (χ0) is 16.3. The number of carbonyl (C=O) groups excluding carboxylic acids is 2. The first-order valence-electron chi connectivity index (χ1n) is 6.54. The molecule has 0 aliphatic carbocycles. The Morgan fingerprint density at radius 2 is 1.91 bits per heavy atom. The van der Waals surface area contributed by atoms with Crippen LogP contribution in [0.3, 0.4) is 0 Å². The van der Waals surface area contributed by atoms with Gasteiger partial charge in [0.25, 0.3) is 0 Å². The number of esters is 2. The minimum Gasteiger partial charge on any atom is -0.508 e. The van der Waals surface area contributed by atoms with E-state index in [0.717, 1.165) is 5.56 Å². The van der Waals surface area contributed by atoms with Crippen molar-refractivity contribution in [1.82, 2.24) is 0 Å². The van der Waals surface area contributed by atoms with Crippen LogP contribution in [0.2, 0.25) is 0 Å². The minimum atomic E-state index is -0.656. The van der Waals surface area contributed by atoms with E-state index in [1.807, 2.05) is 0 Å². The molecule has 0 saturated heterocycles. The number of carbonyl (C=O) groups is 2. The van der Waals surface area contributed by atoms with E-state index in [4.69, 9.17) is 14.2 Å². The van der Waals surface area contributed by atoms with Crippen molar-refractivity contribution in [1.29, 1.82) is 0 Å². The van der Waals surface area contributed by atoms with E-state index in [-0.39, 0.29) is 30.4 Å². The van der Waals surface area contributed by atoms with Crippen molar-refractivity contribution >= 4 is 17.6 Å². The molecule has 0 aromatic heterocycles. The van der Waals surface area contributed by atoms with E-state index in [9.17, 15) is 14.7 Å². The number of hydrogen-bond donors (Lipinski definition) is 1. The second-order valence-corrected chi connectivity index (χ2v) is 4.69. The first-order valence-corrected chi connectivity index (χ1v) is 6.54. The maximum atomic E-state index is 12.1. The average Bonchev–Trinajstić information content (AvgIpc) is 2.52. The van der Waals surface area contributed by atoms with Gasteiger partial charge in [0.2, 0.25) is 0 Å². The lowest BCUT2D eigenvalue weighted by Gasteiger charge is -2.32. The van der Waals surface area contributed by atoms with Crippen molar-refractivity contribution in [2.24, 2.45) is 0 Å². The number of rotatable bonds is 3. The number of methoxy groups -OCH3 is 2. The van der Waals surface area contributed by atoms with E-state index >= 15 is 0 Å². The van der Waals surface area contributed by atoms with Crippen LogP contribution < -0.4 is 4.90 Å². The summed E-state index contributed by atoms with van der Waals surface area (Å²) in [5, 5.41) is 9.51. The summed E-state index contributed by atoms with van der Waals surface area (Å²) in [5.74, 6) is -1.20. The van der Waals surface area contributed by atoms with Gasteiger partial charge in [-0.2, -0.15) is 0 Å². The molecule has 7 nitrogen and oxygen atoms in total. The van der Waals surface area contributed by atoms with Crippen LogP contribution in [0.25, 0.3) is 0 Å². The number of aromatic hydroxyl groups is 1. The number of ether oxygens (including phenoxy) is 3. The molecule has 1 aromatic carbocycles. The lowest BCUT2D eigenvalue weighted by Crippen LogP contribution is -2.39. The second-order valence-electron chi connectivity index (χ2n) is 4.69. The zero-order valence-electron chi connectivity index (χ0n) is 12.6. The summed E-state index contributed by atoms with van der Waals surface area (Å²) in [6.07, 6.45) is 0. The molecule has 0 saturated carbocycles. The monoisotopic (exact) mass is 307 g/mol. The number of phenolic OH excluding ortho intramolecular Hbond substituents is 1. The number of nitrogens with zero attached hydrogens (tertiary/aromatic N) is 1. The standard InChI is InChI=1S/C15H17NO6/c1-9-6-10(17)4-5-12(9)16-8-22-7-11(14(18)20-2)13(16)15(19)21-3/h4-6,17H,7-8H2,1-3H3. The molecule has 1 heterocycles. The van der Waals surface area contributed by atoms with Crippen molar-refractivity contribution in [3.8, 4) is 5.75 Å². The summed E-state index contributed by atoms with van der Waals surface area (Å²) in [6.45, 7) is 1.82. The number of aryl methyl sites for hydroxylation is 1. The highest BCUT2D eigenvalue weighted by atomic mass is 16.5. The van der Waals surface area contributed by atoms with Gasteiger partial charge in [0.15, 0.2) is 0 Å². The Bertz CT molecular complexity index is 637. The Hall–Kier alpha value is -2.54. The van der Waals surface area contributed by atoms with Gasteiger partial charge in [0.1, 0.15) is 18.2 Å². The topological polar surface area (TPSA) is 85.3 Å². The van der Waals surface area contributed by atoms with Crippen LogP contribution >= 0.6 is 0 Å². The van der Waals surface area contributed by atoms with Crippen LogP contribution in [0.5, 0.6) is 5.75 Å². The molecule has 0 spiro atoms. The summed E-state index contributed by atoms with van der Waals surface area (Å²) in [4.78, 5) is 25.5. The molecule has 1 N–H and O–H groups in total. The molecule has 0 radical (unpaired) electrons. The number of benzene rings is 1. The van der Waals surface area contributed by atoms with Crippen LogP contribution in [0.15, 0.2) is 29.5 Å². The number of phenols is 1. The van der Waals surface area contributed by atoms with Crippen molar-refractivity contribution in [2.75, 3.05) is 32.5 Å². The highest BCUT2D eigenvalue weighted by molar-refractivity contribution is 6.03. The van der Waals surface area contributed by atoms with E-state index in [1.54, 1.807) is 19.1 Å². The first kappa shape index (κ1) is 15.8. The molecule has 0 amide bonds.